The van der Waals surface area contributed by atoms with Crippen LogP contribution in [0.4, 0.5) is 0 Å². The van der Waals surface area contributed by atoms with E-state index in [2.05, 4.69) is 16.0 Å². The molecule has 7 heteroatoms. The first-order valence-corrected chi connectivity index (χ1v) is 8.50. The van der Waals surface area contributed by atoms with Crippen LogP contribution in [0.2, 0.25) is 5.02 Å². The SMILES string of the molecule is CCNC(=O)[C@H](C)NC(=S)NCCSc1ccc(Cl)cc1. The van der Waals surface area contributed by atoms with E-state index in [-0.39, 0.29) is 11.9 Å². The van der Waals surface area contributed by atoms with Crippen molar-refractivity contribution in [2.75, 3.05) is 18.8 Å². The van der Waals surface area contributed by atoms with Crippen molar-refractivity contribution in [3.8, 4) is 0 Å². The van der Waals surface area contributed by atoms with E-state index in [1.807, 2.05) is 31.2 Å². The second-order valence-corrected chi connectivity index (χ2v) is 6.33. The van der Waals surface area contributed by atoms with Crippen LogP contribution in [0.15, 0.2) is 29.2 Å². The van der Waals surface area contributed by atoms with E-state index in [9.17, 15) is 4.79 Å². The molecule has 3 N–H and O–H groups in total. The van der Waals surface area contributed by atoms with Crippen LogP contribution in [-0.4, -0.2) is 35.9 Å². The fraction of sp³-hybridized carbons (Fsp3) is 0.429. The monoisotopic (exact) mass is 345 g/mol. The van der Waals surface area contributed by atoms with Gasteiger partial charge in [0.1, 0.15) is 6.04 Å². The summed E-state index contributed by atoms with van der Waals surface area (Å²) in [7, 11) is 0. The van der Waals surface area contributed by atoms with Gasteiger partial charge in [-0.3, -0.25) is 4.79 Å². The van der Waals surface area contributed by atoms with E-state index in [0.717, 1.165) is 22.2 Å². The number of thiocarbonyl (C=S) groups is 1. The zero-order valence-electron chi connectivity index (χ0n) is 12.1. The Balaban J connectivity index is 2.18. The van der Waals surface area contributed by atoms with Crippen LogP contribution < -0.4 is 16.0 Å². The smallest absolute Gasteiger partial charge is 0.242 e. The topological polar surface area (TPSA) is 53.2 Å². The predicted molar refractivity (Wildman–Crippen MR) is 94.1 cm³/mol. The molecule has 1 aromatic carbocycles. The number of thioether (sulfide) groups is 1. The van der Waals surface area contributed by atoms with Gasteiger partial charge in [-0.2, -0.15) is 0 Å². The third kappa shape index (κ3) is 7.55. The summed E-state index contributed by atoms with van der Waals surface area (Å²) < 4.78 is 0. The molecule has 0 bridgehead atoms. The van der Waals surface area contributed by atoms with E-state index >= 15 is 0 Å². The Morgan fingerprint density at radius 3 is 2.62 bits per heavy atom. The predicted octanol–water partition coefficient (Wildman–Crippen LogP) is 2.42. The first kappa shape index (κ1) is 18.1. The van der Waals surface area contributed by atoms with E-state index in [1.54, 1.807) is 18.7 Å². The number of benzene rings is 1. The fourth-order valence-corrected chi connectivity index (χ4v) is 2.68. The van der Waals surface area contributed by atoms with Crippen molar-refractivity contribution in [2.24, 2.45) is 0 Å². The molecule has 116 valence electrons. The molecule has 1 atom stereocenters. The molecule has 4 nitrogen and oxygen atoms in total. The molecule has 0 aromatic heterocycles. The molecule has 0 aliphatic heterocycles. The van der Waals surface area contributed by atoms with Crippen LogP contribution in [0.5, 0.6) is 0 Å². The van der Waals surface area contributed by atoms with Gasteiger partial charge in [-0.15, -0.1) is 11.8 Å². The molecule has 0 fully saturated rings. The van der Waals surface area contributed by atoms with Crippen molar-refractivity contribution in [3.63, 3.8) is 0 Å². The van der Waals surface area contributed by atoms with E-state index in [0.29, 0.717) is 11.7 Å². The van der Waals surface area contributed by atoms with Crippen molar-refractivity contribution < 1.29 is 4.79 Å². The van der Waals surface area contributed by atoms with E-state index < -0.39 is 0 Å². The van der Waals surface area contributed by atoms with Crippen molar-refractivity contribution in [2.45, 2.75) is 24.8 Å². The zero-order valence-corrected chi connectivity index (χ0v) is 14.5. The number of nitrogens with one attached hydrogen (secondary N) is 3. The summed E-state index contributed by atoms with van der Waals surface area (Å²) >= 11 is 12.7. The largest absolute Gasteiger partial charge is 0.362 e. The molecular formula is C14H20ClN3OS2. The average molecular weight is 346 g/mol. The lowest BCUT2D eigenvalue weighted by Crippen LogP contribution is -2.48. The standard InChI is InChI=1S/C14H20ClN3OS2/c1-3-16-13(19)10(2)18-14(20)17-8-9-21-12-6-4-11(15)5-7-12/h4-7,10H,3,8-9H2,1-2H3,(H,16,19)(H2,17,18,20)/t10-/m0/s1. The highest BCUT2D eigenvalue weighted by molar-refractivity contribution is 7.99. The van der Waals surface area contributed by atoms with E-state index in [1.165, 1.54) is 0 Å². The summed E-state index contributed by atoms with van der Waals surface area (Å²) in [4.78, 5) is 12.7. The van der Waals surface area contributed by atoms with Crippen LogP contribution in [0.3, 0.4) is 0 Å². The number of likely N-dealkylation sites (N-methyl/N-ethyl adjacent to an activating group) is 1. The van der Waals surface area contributed by atoms with Crippen molar-refractivity contribution in [3.05, 3.63) is 29.3 Å². The Morgan fingerprint density at radius 1 is 1.33 bits per heavy atom. The summed E-state index contributed by atoms with van der Waals surface area (Å²) in [5.74, 6) is 0.816. The highest BCUT2D eigenvalue weighted by atomic mass is 35.5. The number of rotatable bonds is 7. The van der Waals surface area contributed by atoms with Gasteiger partial charge in [0.25, 0.3) is 0 Å². The lowest BCUT2D eigenvalue weighted by molar-refractivity contribution is -0.122. The number of halogens is 1. The molecule has 0 aliphatic carbocycles. The zero-order chi connectivity index (χ0) is 15.7. The summed E-state index contributed by atoms with van der Waals surface area (Å²) in [6, 6.07) is 7.38. The summed E-state index contributed by atoms with van der Waals surface area (Å²) in [6.07, 6.45) is 0. The first-order valence-electron chi connectivity index (χ1n) is 6.73. The Labute approximate surface area is 140 Å². The van der Waals surface area contributed by atoms with Gasteiger partial charge < -0.3 is 16.0 Å². The van der Waals surface area contributed by atoms with Crippen LogP contribution in [-0.2, 0) is 4.79 Å². The number of carbonyl (C=O) groups excluding carboxylic acids is 1. The van der Waals surface area contributed by atoms with Gasteiger partial charge in [-0.05, 0) is 50.3 Å². The Kier molecular flexibility index (Phi) is 8.49. The third-order valence-electron chi connectivity index (χ3n) is 2.56. The Hall–Kier alpha value is -0.980. The van der Waals surface area contributed by atoms with Crippen LogP contribution in [0.25, 0.3) is 0 Å². The summed E-state index contributed by atoms with van der Waals surface area (Å²) in [6.45, 7) is 5.00. The van der Waals surface area contributed by atoms with Gasteiger partial charge >= 0.3 is 0 Å². The second kappa shape index (κ2) is 9.87. The quantitative estimate of drug-likeness (QED) is 0.402. The summed E-state index contributed by atoms with van der Waals surface area (Å²) in [5.41, 5.74) is 0. The molecule has 0 aliphatic rings. The van der Waals surface area contributed by atoms with Gasteiger partial charge in [0.05, 0.1) is 0 Å². The molecule has 0 heterocycles. The normalized spacial score (nSPS) is 11.6. The Bertz CT molecular complexity index is 468. The maximum absolute atomic E-state index is 11.5. The lowest BCUT2D eigenvalue weighted by Gasteiger charge is -2.16. The average Bonchev–Trinajstić information content (AvgIpc) is 2.45. The van der Waals surface area contributed by atoms with Crippen LogP contribution in [0, 0.1) is 0 Å². The number of hydrogen-bond donors (Lipinski definition) is 3. The molecule has 1 amide bonds. The molecule has 1 aromatic rings. The van der Waals surface area contributed by atoms with Gasteiger partial charge in [-0.25, -0.2) is 0 Å². The maximum Gasteiger partial charge on any atom is 0.242 e. The van der Waals surface area contributed by atoms with Crippen molar-refractivity contribution in [1.29, 1.82) is 0 Å². The fourth-order valence-electron chi connectivity index (χ4n) is 1.50. The van der Waals surface area contributed by atoms with Gasteiger partial charge in [0.15, 0.2) is 5.11 Å². The number of hydrogen-bond acceptors (Lipinski definition) is 3. The van der Waals surface area contributed by atoms with Gasteiger partial charge in [-0.1, -0.05) is 11.6 Å². The van der Waals surface area contributed by atoms with Crippen LogP contribution in [0.1, 0.15) is 13.8 Å². The molecule has 0 spiro atoms. The van der Waals surface area contributed by atoms with Crippen molar-refractivity contribution >= 4 is 46.6 Å². The molecule has 0 unspecified atom stereocenters. The van der Waals surface area contributed by atoms with Gasteiger partial charge in [0, 0.05) is 28.8 Å². The molecule has 0 saturated carbocycles. The number of carbonyl (C=O) groups is 1. The minimum atomic E-state index is -0.339. The molecule has 21 heavy (non-hydrogen) atoms. The molecule has 0 radical (unpaired) electrons. The molecule has 1 rings (SSSR count). The lowest BCUT2D eigenvalue weighted by atomic mass is 10.3. The maximum atomic E-state index is 11.5. The van der Waals surface area contributed by atoms with Gasteiger partial charge in [0.2, 0.25) is 5.91 Å². The minimum absolute atomic E-state index is 0.0582. The third-order valence-corrected chi connectivity index (χ3v) is 4.09. The highest BCUT2D eigenvalue weighted by Gasteiger charge is 2.11. The molecular weight excluding hydrogens is 326 g/mol. The highest BCUT2D eigenvalue weighted by Crippen LogP contribution is 2.19. The number of amides is 1. The second-order valence-electron chi connectivity index (χ2n) is 4.32. The molecule has 0 saturated heterocycles. The summed E-state index contributed by atoms with van der Waals surface area (Å²) in [5, 5.41) is 10.0. The minimum Gasteiger partial charge on any atom is -0.362 e. The Morgan fingerprint density at radius 2 is 2.00 bits per heavy atom. The first-order chi connectivity index (χ1) is 10.0. The van der Waals surface area contributed by atoms with E-state index in [4.69, 9.17) is 23.8 Å². The van der Waals surface area contributed by atoms with Crippen molar-refractivity contribution in [1.82, 2.24) is 16.0 Å². The van der Waals surface area contributed by atoms with Crippen LogP contribution >= 0.6 is 35.6 Å².